The molecule has 21 heavy (non-hydrogen) atoms. The monoisotopic (exact) mass is 293 g/mol. The van der Waals surface area contributed by atoms with Crippen LogP contribution in [0.4, 0.5) is 0 Å². The lowest BCUT2D eigenvalue weighted by atomic mass is 10.1. The molecule has 0 fully saturated rings. The second-order valence-corrected chi connectivity index (χ2v) is 4.99. The third-order valence-electron chi connectivity index (χ3n) is 3.41. The summed E-state index contributed by atoms with van der Waals surface area (Å²) in [6, 6.07) is 0. The molecule has 0 aliphatic rings. The molecule has 0 aliphatic heterocycles. The summed E-state index contributed by atoms with van der Waals surface area (Å²) in [5, 5.41) is 20.0. The maximum atomic E-state index is 5.01. The van der Waals surface area contributed by atoms with E-state index in [4.69, 9.17) is 4.74 Å². The summed E-state index contributed by atoms with van der Waals surface area (Å²) in [6.07, 6.45) is 0.954. The number of nitrogens with one attached hydrogen (secondary N) is 1. The molecule has 2 aromatic rings. The van der Waals surface area contributed by atoms with Gasteiger partial charge in [0, 0.05) is 19.3 Å². The molecule has 0 saturated heterocycles. The number of tetrazole rings is 1. The molecule has 0 aliphatic carbocycles. The van der Waals surface area contributed by atoms with Gasteiger partial charge in [-0.3, -0.25) is 4.68 Å². The Hall–Kier alpha value is -1.80. The second kappa shape index (κ2) is 7.28. The Balaban J connectivity index is 1.96. The number of aromatic nitrogens is 6. The van der Waals surface area contributed by atoms with Crippen molar-refractivity contribution in [3.8, 4) is 0 Å². The minimum Gasteiger partial charge on any atom is -0.383 e. The lowest BCUT2D eigenvalue weighted by molar-refractivity contribution is 0.199. The first kappa shape index (κ1) is 15.6. The van der Waals surface area contributed by atoms with E-state index in [0.717, 1.165) is 37.5 Å². The van der Waals surface area contributed by atoms with Crippen molar-refractivity contribution in [2.45, 2.75) is 26.8 Å². The highest BCUT2D eigenvalue weighted by molar-refractivity contribution is 5.25. The van der Waals surface area contributed by atoms with Gasteiger partial charge in [-0.15, -0.1) is 10.2 Å². The molecule has 0 aromatic carbocycles. The number of hydrogen-bond donors (Lipinski definition) is 1. The van der Waals surface area contributed by atoms with E-state index in [0.29, 0.717) is 12.4 Å². The largest absolute Gasteiger partial charge is 0.383 e. The van der Waals surface area contributed by atoms with Crippen LogP contribution in [0, 0.1) is 13.8 Å². The van der Waals surface area contributed by atoms with E-state index in [-0.39, 0.29) is 0 Å². The Bertz CT molecular complexity index is 575. The molecule has 0 atom stereocenters. The van der Waals surface area contributed by atoms with E-state index in [9.17, 15) is 0 Å². The van der Waals surface area contributed by atoms with Crippen molar-refractivity contribution < 1.29 is 4.74 Å². The number of aryl methyl sites for hydroxylation is 2. The standard InChI is InChI=1S/C13H23N7O/c1-10-12(5-6-14-7-8-21-4)11(2)20(16-10)9-13-15-18-19(3)17-13/h14H,5-9H2,1-4H3. The molecule has 116 valence electrons. The lowest BCUT2D eigenvalue weighted by Gasteiger charge is -2.05. The molecule has 2 rings (SSSR count). The van der Waals surface area contributed by atoms with Gasteiger partial charge in [0.1, 0.15) is 6.54 Å². The highest BCUT2D eigenvalue weighted by Gasteiger charge is 2.13. The summed E-state index contributed by atoms with van der Waals surface area (Å²) in [5.74, 6) is 0.674. The summed E-state index contributed by atoms with van der Waals surface area (Å²) in [6.45, 7) is 7.19. The topological polar surface area (TPSA) is 82.7 Å². The van der Waals surface area contributed by atoms with Gasteiger partial charge in [0.05, 0.1) is 19.3 Å². The van der Waals surface area contributed by atoms with Crippen LogP contribution < -0.4 is 5.32 Å². The summed E-state index contributed by atoms with van der Waals surface area (Å²) in [5.41, 5.74) is 3.50. The first-order valence-electron chi connectivity index (χ1n) is 7.07. The van der Waals surface area contributed by atoms with Gasteiger partial charge in [0.15, 0.2) is 5.82 Å². The molecule has 0 radical (unpaired) electrons. The molecule has 0 unspecified atom stereocenters. The van der Waals surface area contributed by atoms with E-state index >= 15 is 0 Å². The summed E-state index contributed by atoms with van der Waals surface area (Å²) < 4.78 is 6.95. The quantitative estimate of drug-likeness (QED) is 0.682. The van der Waals surface area contributed by atoms with Gasteiger partial charge in [-0.05, 0) is 37.6 Å². The Morgan fingerprint density at radius 1 is 1.19 bits per heavy atom. The van der Waals surface area contributed by atoms with Gasteiger partial charge in [-0.1, -0.05) is 0 Å². The van der Waals surface area contributed by atoms with Crippen molar-refractivity contribution in [1.29, 1.82) is 0 Å². The molecule has 0 bridgehead atoms. The van der Waals surface area contributed by atoms with Crippen LogP contribution in [0.5, 0.6) is 0 Å². The fourth-order valence-corrected chi connectivity index (χ4v) is 2.28. The fraction of sp³-hybridized carbons (Fsp3) is 0.692. The van der Waals surface area contributed by atoms with E-state index in [1.807, 2.05) is 11.6 Å². The smallest absolute Gasteiger partial charge is 0.196 e. The van der Waals surface area contributed by atoms with Crippen LogP contribution in [-0.4, -0.2) is 56.8 Å². The average molecular weight is 293 g/mol. The Morgan fingerprint density at radius 3 is 2.67 bits per heavy atom. The Kier molecular flexibility index (Phi) is 5.40. The maximum Gasteiger partial charge on any atom is 0.196 e. The van der Waals surface area contributed by atoms with Crippen molar-refractivity contribution in [2.24, 2.45) is 7.05 Å². The normalized spacial score (nSPS) is 11.2. The zero-order valence-electron chi connectivity index (χ0n) is 13.1. The fourth-order valence-electron chi connectivity index (χ4n) is 2.28. The van der Waals surface area contributed by atoms with Gasteiger partial charge in [0.2, 0.25) is 0 Å². The van der Waals surface area contributed by atoms with Crippen molar-refractivity contribution >= 4 is 0 Å². The molecule has 2 aromatic heterocycles. The number of methoxy groups -OCH3 is 1. The molecular formula is C13H23N7O. The van der Waals surface area contributed by atoms with E-state index in [1.165, 1.54) is 10.4 Å². The minimum atomic E-state index is 0.553. The predicted molar refractivity (Wildman–Crippen MR) is 78.1 cm³/mol. The van der Waals surface area contributed by atoms with Crippen molar-refractivity contribution in [2.75, 3.05) is 26.8 Å². The van der Waals surface area contributed by atoms with Crippen LogP contribution in [0.15, 0.2) is 0 Å². The van der Waals surface area contributed by atoms with Gasteiger partial charge in [0.25, 0.3) is 0 Å². The number of rotatable bonds is 8. The summed E-state index contributed by atoms with van der Waals surface area (Å²) in [4.78, 5) is 1.46. The number of nitrogens with zero attached hydrogens (tertiary/aromatic N) is 6. The van der Waals surface area contributed by atoms with Gasteiger partial charge in [-0.25, -0.2) is 0 Å². The molecule has 0 saturated carbocycles. The van der Waals surface area contributed by atoms with Gasteiger partial charge >= 0.3 is 0 Å². The van der Waals surface area contributed by atoms with Crippen LogP contribution in [0.25, 0.3) is 0 Å². The highest BCUT2D eigenvalue weighted by Crippen LogP contribution is 2.14. The van der Waals surface area contributed by atoms with Crippen molar-refractivity contribution in [3.05, 3.63) is 22.8 Å². The molecular weight excluding hydrogens is 270 g/mol. The Labute approximate surface area is 124 Å². The van der Waals surface area contributed by atoms with Crippen molar-refractivity contribution in [1.82, 2.24) is 35.3 Å². The van der Waals surface area contributed by atoms with Crippen LogP contribution in [0.3, 0.4) is 0 Å². The van der Waals surface area contributed by atoms with Gasteiger partial charge in [-0.2, -0.15) is 9.90 Å². The van der Waals surface area contributed by atoms with E-state index in [2.05, 4.69) is 32.7 Å². The van der Waals surface area contributed by atoms with Crippen molar-refractivity contribution in [3.63, 3.8) is 0 Å². The first-order valence-corrected chi connectivity index (χ1v) is 7.07. The zero-order valence-corrected chi connectivity index (χ0v) is 13.1. The number of ether oxygens (including phenoxy) is 1. The van der Waals surface area contributed by atoms with E-state index < -0.39 is 0 Å². The lowest BCUT2D eigenvalue weighted by Crippen LogP contribution is -2.22. The molecule has 2 heterocycles. The molecule has 0 amide bonds. The van der Waals surface area contributed by atoms with Gasteiger partial charge < -0.3 is 10.1 Å². The van der Waals surface area contributed by atoms with Crippen LogP contribution in [0.1, 0.15) is 22.8 Å². The third kappa shape index (κ3) is 4.08. The average Bonchev–Trinajstić information content (AvgIpc) is 2.96. The first-order chi connectivity index (χ1) is 10.1. The molecule has 0 spiro atoms. The second-order valence-electron chi connectivity index (χ2n) is 4.99. The summed E-state index contributed by atoms with van der Waals surface area (Å²) >= 11 is 0. The highest BCUT2D eigenvalue weighted by atomic mass is 16.5. The van der Waals surface area contributed by atoms with E-state index in [1.54, 1.807) is 14.2 Å². The third-order valence-corrected chi connectivity index (χ3v) is 3.41. The molecule has 8 nitrogen and oxygen atoms in total. The number of hydrogen-bond acceptors (Lipinski definition) is 6. The molecule has 8 heteroatoms. The Morgan fingerprint density at radius 2 is 2.00 bits per heavy atom. The van der Waals surface area contributed by atoms with Crippen LogP contribution >= 0.6 is 0 Å². The SMILES string of the molecule is COCCNCCc1c(C)nn(Cc2nnn(C)n2)c1C. The minimum absolute atomic E-state index is 0.553. The zero-order chi connectivity index (χ0) is 15.2. The van der Waals surface area contributed by atoms with Crippen LogP contribution in [-0.2, 0) is 24.8 Å². The predicted octanol–water partition coefficient (Wildman–Crippen LogP) is -0.150. The molecule has 1 N–H and O–H groups in total. The summed E-state index contributed by atoms with van der Waals surface area (Å²) in [7, 11) is 3.47. The maximum absolute atomic E-state index is 5.01. The van der Waals surface area contributed by atoms with Crippen LogP contribution in [0.2, 0.25) is 0 Å².